The molecule has 1 heterocycles. The first-order valence-electron chi connectivity index (χ1n) is 6.12. The van der Waals surface area contributed by atoms with Crippen LogP contribution in [0, 0.1) is 0 Å². The number of carbonyl (C=O) groups excluding carboxylic acids is 1. The fourth-order valence-corrected chi connectivity index (χ4v) is 3.11. The van der Waals surface area contributed by atoms with E-state index in [1.165, 1.54) is 4.90 Å². The van der Waals surface area contributed by atoms with Crippen molar-refractivity contribution < 1.29 is 19.4 Å². The molecule has 0 bridgehead atoms. The highest BCUT2D eigenvalue weighted by Gasteiger charge is 2.40. The van der Waals surface area contributed by atoms with E-state index in [1.54, 1.807) is 32.5 Å². The third kappa shape index (κ3) is 3.80. The topological polar surface area (TPSA) is 66.8 Å². The Balaban J connectivity index is 2.88. The molecule has 0 spiro atoms. The molecule has 0 aromatic rings. The largest absolute Gasteiger partial charge is 0.480 e. The molecule has 2 atom stereocenters. The second kappa shape index (κ2) is 5.82. The van der Waals surface area contributed by atoms with E-state index in [0.29, 0.717) is 12.8 Å². The fourth-order valence-electron chi connectivity index (χ4n) is 1.85. The van der Waals surface area contributed by atoms with Gasteiger partial charge in [-0.15, -0.1) is 11.8 Å². The summed E-state index contributed by atoms with van der Waals surface area (Å²) < 4.78 is 5.30. The molecule has 1 fully saturated rings. The molecule has 0 aromatic heterocycles. The van der Waals surface area contributed by atoms with Gasteiger partial charge in [0.05, 0.1) is 5.37 Å². The van der Waals surface area contributed by atoms with Gasteiger partial charge in [-0.3, -0.25) is 4.90 Å². The summed E-state index contributed by atoms with van der Waals surface area (Å²) >= 11 is 1.61. The van der Waals surface area contributed by atoms with E-state index in [-0.39, 0.29) is 5.37 Å². The molecule has 18 heavy (non-hydrogen) atoms. The van der Waals surface area contributed by atoms with Crippen LogP contribution in [0.4, 0.5) is 4.79 Å². The fraction of sp³-hybridized carbons (Fsp3) is 0.833. The van der Waals surface area contributed by atoms with Crippen molar-refractivity contribution in [1.29, 1.82) is 0 Å². The summed E-state index contributed by atoms with van der Waals surface area (Å²) in [5, 5.41) is 9.09. The van der Waals surface area contributed by atoms with Crippen molar-refractivity contribution in [2.45, 2.75) is 57.6 Å². The summed E-state index contributed by atoms with van der Waals surface area (Å²) in [7, 11) is 0. The maximum atomic E-state index is 12.1. The molecule has 2 unspecified atom stereocenters. The standard InChI is InChI=1S/C12H21NO4S/c1-5-9-13(11(16)17-12(2,3)4)8(10(14)15)6-7-18-9/h8-9H,5-7H2,1-4H3,(H,14,15). The van der Waals surface area contributed by atoms with E-state index in [1.807, 2.05) is 6.92 Å². The van der Waals surface area contributed by atoms with E-state index in [2.05, 4.69) is 0 Å². The van der Waals surface area contributed by atoms with Crippen LogP contribution in [0.5, 0.6) is 0 Å². The van der Waals surface area contributed by atoms with E-state index < -0.39 is 23.7 Å². The molecule has 0 saturated carbocycles. The van der Waals surface area contributed by atoms with Crippen molar-refractivity contribution in [2.24, 2.45) is 0 Å². The number of rotatable bonds is 2. The minimum atomic E-state index is -0.959. The molecule has 1 saturated heterocycles. The lowest BCUT2D eigenvalue weighted by Crippen LogP contribution is -2.53. The van der Waals surface area contributed by atoms with Crippen LogP contribution in [-0.2, 0) is 9.53 Å². The average Bonchev–Trinajstić information content (AvgIpc) is 2.25. The van der Waals surface area contributed by atoms with Gasteiger partial charge < -0.3 is 9.84 Å². The first-order valence-corrected chi connectivity index (χ1v) is 7.17. The lowest BCUT2D eigenvalue weighted by atomic mass is 10.1. The molecule has 1 amide bonds. The van der Waals surface area contributed by atoms with E-state index in [0.717, 1.165) is 5.75 Å². The van der Waals surface area contributed by atoms with Crippen molar-refractivity contribution in [2.75, 3.05) is 5.75 Å². The predicted molar refractivity (Wildman–Crippen MR) is 70.7 cm³/mol. The number of ether oxygens (including phenoxy) is 1. The summed E-state index contributed by atoms with van der Waals surface area (Å²) in [5.74, 6) is -0.200. The van der Waals surface area contributed by atoms with Gasteiger partial charge in [0.25, 0.3) is 0 Å². The summed E-state index contributed by atoms with van der Waals surface area (Å²) in [5.41, 5.74) is -0.611. The maximum Gasteiger partial charge on any atom is 0.411 e. The lowest BCUT2D eigenvalue weighted by molar-refractivity contribution is -0.143. The summed E-state index contributed by atoms with van der Waals surface area (Å²) in [6.45, 7) is 7.27. The van der Waals surface area contributed by atoms with Gasteiger partial charge in [-0.25, -0.2) is 9.59 Å². The Morgan fingerprint density at radius 2 is 2.06 bits per heavy atom. The second-order valence-electron chi connectivity index (χ2n) is 5.26. The van der Waals surface area contributed by atoms with Gasteiger partial charge in [0, 0.05) is 0 Å². The Morgan fingerprint density at radius 3 is 2.50 bits per heavy atom. The number of nitrogens with zero attached hydrogens (tertiary/aromatic N) is 1. The van der Waals surface area contributed by atoms with E-state index in [9.17, 15) is 14.7 Å². The van der Waals surface area contributed by atoms with Crippen molar-refractivity contribution >= 4 is 23.8 Å². The number of carboxylic acids is 1. The second-order valence-corrected chi connectivity index (χ2v) is 6.55. The van der Waals surface area contributed by atoms with E-state index in [4.69, 9.17) is 4.74 Å². The number of amides is 1. The van der Waals surface area contributed by atoms with Crippen LogP contribution < -0.4 is 0 Å². The number of thioether (sulfide) groups is 1. The van der Waals surface area contributed by atoms with Gasteiger partial charge in [-0.05, 0) is 39.4 Å². The van der Waals surface area contributed by atoms with Crippen molar-refractivity contribution in [1.82, 2.24) is 4.90 Å². The van der Waals surface area contributed by atoms with Crippen LogP contribution in [0.2, 0.25) is 0 Å². The zero-order valence-corrected chi connectivity index (χ0v) is 12.1. The molecule has 1 aliphatic heterocycles. The molecule has 6 heteroatoms. The average molecular weight is 275 g/mol. The van der Waals surface area contributed by atoms with Gasteiger partial charge >= 0.3 is 12.1 Å². The van der Waals surface area contributed by atoms with Gasteiger partial charge in [0.1, 0.15) is 11.6 Å². The van der Waals surface area contributed by atoms with Gasteiger partial charge in [-0.1, -0.05) is 6.92 Å². The van der Waals surface area contributed by atoms with Gasteiger partial charge in [-0.2, -0.15) is 0 Å². The highest BCUT2D eigenvalue weighted by Crippen LogP contribution is 2.31. The first-order chi connectivity index (χ1) is 8.26. The highest BCUT2D eigenvalue weighted by atomic mass is 32.2. The van der Waals surface area contributed by atoms with Crippen molar-refractivity contribution in [3.8, 4) is 0 Å². The quantitative estimate of drug-likeness (QED) is 0.839. The molecule has 0 radical (unpaired) electrons. The Labute approximate surface area is 112 Å². The molecule has 1 aliphatic rings. The van der Waals surface area contributed by atoms with E-state index >= 15 is 0 Å². The third-order valence-electron chi connectivity index (χ3n) is 2.59. The number of carbonyl (C=O) groups is 2. The van der Waals surface area contributed by atoms with Crippen LogP contribution >= 0.6 is 11.8 Å². The lowest BCUT2D eigenvalue weighted by Gasteiger charge is -2.39. The zero-order valence-electron chi connectivity index (χ0n) is 11.3. The summed E-state index contributed by atoms with van der Waals surface area (Å²) in [4.78, 5) is 24.7. The van der Waals surface area contributed by atoms with Crippen LogP contribution in [0.15, 0.2) is 0 Å². The molecule has 5 nitrogen and oxygen atoms in total. The molecule has 0 aliphatic carbocycles. The van der Waals surface area contributed by atoms with Crippen LogP contribution in [0.3, 0.4) is 0 Å². The monoisotopic (exact) mass is 275 g/mol. The summed E-state index contributed by atoms with van der Waals surface area (Å²) in [6.07, 6.45) is 0.651. The minimum Gasteiger partial charge on any atom is -0.480 e. The number of aliphatic carboxylic acids is 1. The molecular formula is C12H21NO4S. The smallest absolute Gasteiger partial charge is 0.411 e. The Bertz CT molecular complexity index is 327. The SMILES string of the molecule is CCC1SCCC(C(=O)O)N1C(=O)OC(C)(C)C. The molecule has 1 N–H and O–H groups in total. The molecule has 1 rings (SSSR count). The minimum absolute atomic E-state index is 0.116. The Hall–Kier alpha value is -0.910. The molecular weight excluding hydrogens is 254 g/mol. The van der Waals surface area contributed by atoms with Crippen LogP contribution in [0.25, 0.3) is 0 Å². The summed E-state index contributed by atoms with van der Waals surface area (Å²) in [6, 6.07) is -0.772. The van der Waals surface area contributed by atoms with Gasteiger partial charge in [0.2, 0.25) is 0 Å². The number of hydrogen-bond donors (Lipinski definition) is 1. The van der Waals surface area contributed by atoms with Crippen LogP contribution in [0.1, 0.15) is 40.5 Å². The zero-order chi connectivity index (χ0) is 13.9. The normalized spacial score (nSPS) is 24.8. The van der Waals surface area contributed by atoms with Crippen LogP contribution in [-0.4, -0.2) is 44.8 Å². The number of hydrogen-bond acceptors (Lipinski definition) is 4. The Morgan fingerprint density at radius 1 is 1.44 bits per heavy atom. The Kier molecular flexibility index (Phi) is 4.90. The van der Waals surface area contributed by atoms with Gasteiger partial charge in [0.15, 0.2) is 0 Å². The number of carboxylic acid groups (broad SMARTS) is 1. The first kappa shape index (κ1) is 15.1. The highest BCUT2D eigenvalue weighted by molar-refractivity contribution is 7.99. The molecule has 104 valence electrons. The predicted octanol–water partition coefficient (Wildman–Crippen LogP) is 2.55. The third-order valence-corrected chi connectivity index (χ3v) is 4.00. The molecule has 0 aromatic carbocycles. The van der Waals surface area contributed by atoms with Crippen molar-refractivity contribution in [3.05, 3.63) is 0 Å². The van der Waals surface area contributed by atoms with Crippen molar-refractivity contribution in [3.63, 3.8) is 0 Å². The maximum absolute atomic E-state index is 12.1.